The zero-order valence-corrected chi connectivity index (χ0v) is 12.8. The third-order valence-corrected chi connectivity index (χ3v) is 4.32. The van der Waals surface area contributed by atoms with E-state index in [1.54, 1.807) is 0 Å². The van der Waals surface area contributed by atoms with E-state index in [9.17, 15) is 0 Å². The second-order valence-corrected chi connectivity index (χ2v) is 5.67. The lowest BCUT2D eigenvalue weighted by Crippen LogP contribution is -2.48. The maximum Gasteiger partial charge on any atom is 0.128 e. The van der Waals surface area contributed by atoms with E-state index in [1.165, 1.54) is 45.6 Å². The Hall–Kier alpha value is -0.840. The predicted octanol–water partition coefficient (Wildman–Crippen LogP) is 1.62. The molecule has 0 aromatic carbocycles. The second kappa shape index (κ2) is 7.81. The summed E-state index contributed by atoms with van der Waals surface area (Å²) in [5.74, 6) is 2.03. The van der Waals surface area contributed by atoms with Crippen molar-refractivity contribution in [1.29, 1.82) is 0 Å². The van der Waals surface area contributed by atoms with Crippen LogP contribution in [0.1, 0.15) is 12.8 Å². The Bertz CT molecular complexity index is 373. The lowest BCUT2D eigenvalue weighted by Gasteiger charge is -2.37. The van der Waals surface area contributed by atoms with Crippen LogP contribution in [0, 0.1) is 5.92 Å². The molecule has 1 N–H and O–H groups in total. The van der Waals surface area contributed by atoms with Crippen molar-refractivity contribution in [2.24, 2.45) is 5.92 Å². The number of nitrogens with one attached hydrogen (secondary N) is 1. The molecular formula is C15H25ClN4. The lowest BCUT2D eigenvalue weighted by atomic mass is 9.97. The molecule has 5 heteroatoms. The van der Waals surface area contributed by atoms with Gasteiger partial charge in [0.15, 0.2) is 0 Å². The van der Waals surface area contributed by atoms with Crippen LogP contribution in [0.2, 0.25) is 0 Å². The Balaban J connectivity index is 0.00000147. The fraction of sp³-hybridized carbons (Fsp3) is 0.667. The summed E-state index contributed by atoms with van der Waals surface area (Å²) in [4.78, 5) is 9.48. The minimum Gasteiger partial charge on any atom is -0.354 e. The molecule has 112 valence electrons. The van der Waals surface area contributed by atoms with E-state index >= 15 is 0 Å². The summed E-state index contributed by atoms with van der Waals surface area (Å²) in [6, 6.07) is 6.17. The molecule has 4 nitrogen and oxygen atoms in total. The maximum absolute atomic E-state index is 4.44. The van der Waals surface area contributed by atoms with Gasteiger partial charge in [0.2, 0.25) is 0 Å². The molecule has 0 amide bonds. The number of hydrogen-bond acceptors (Lipinski definition) is 4. The van der Waals surface area contributed by atoms with Crippen molar-refractivity contribution in [3.8, 4) is 0 Å². The van der Waals surface area contributed by atoms with E-state index in [1.807, 2.05) is 12.3 Å². The van der Waals surface area contributed by atoms with Crippen LogP contribution >= 0.6 is 12.4 Å². The molecule has 2 saturated heterocycles. The summed E-state index contributed by atoms with van der Waals surface area (Å²) in [7, 11) is 0. The molecule has 0 bridgehead atoms. The highest BCUT2D eigenvalue weighted by Gasteiger charge is 2.21. The van der Waals surface area contributed by atoms with Gasteiger partial charge in [-0.15, -0.1) is 12.4 Å². The molecule has 2 aliphatic heterocycles. The van der Waals surface area contributed by atoms with Crippen molar-refractivity contribution in [2.75, 3.05) is 50.7 Å². The topological polar surface area (TPSA) is 31.4 Å². The average molecular weight is 297 g/mol. The van der Waals surface area contributed by atoms with E-state index in [0.29, 0.717) is 0 Å². The Morgan fingerprint density at radius 2 is 1.85 bits per heavy atom. The van der Waals surface area contributed by atoms with Crippen LogP contribution in [0.25, 0.3) is 0 Å². The molecule has 0 atom stereocenters. The Morgan fingerprint density at radius 3 is 2.50 bits per heavy atom. The molecular weight excluding hydrogens is 272 g/mol. The van der Waals surface area contributed by atoms with Gasteiger partial charge in [-0.05, 0) is 44.0 Å². The zero-order valence-electron chi connectivity index (χ0n) is 12.0. The smallest absolute Gasteiger partial charge is 0.128 e. The largest absolute Gasteiger partial charge is 0.354 e. The Labute approximate surface area is 128 Å². The second-order valence-electron chi connectivity index (χ2n) is 5.67. The highest BCUT2D eigenvalue weighted by atomic mass is 35.5. The van der Waals surface area contributed by atoms with Crippen LogP contribution in [-0.2, 0) is 0 Å². The minimum atomic E-state index is 0. The van der Waals surface area contributed by atoms with E-state index in [2.05, 4.69) is 32.2 Å². The number of piperazine rings is 1. The van der Waals surface area contributed by atoms with Crippen molar-refractivity contribution in [3.63, 3.8) is 0 Å². The molecule has 0 unspecified atom stereocenters. The number of halogens is 1. The fourth-order valence-electron chi connectivity index (χ4n) is 3.13. The number of nitrogens with zero attached hydrogens (tertiary/aromatic N) is 3. The summed E-state index contributed by atoms with van der Waals surface area (Å²) in [5.41, 5.74) is 0. The van der Waals surface area contributed by atoms with Crippen LogP contribution in [0.5, 0.6) is 0 Å². The average Bonchev–Trinajstić information content (AvgIpc) is 2.50. The molecule has 0 radical (unpaired) electrons. The van der Waals surface area contributed by atoms with Crippen molar-refractivity contribution in [1.82, 2.24) is 15.2 Å². The highest BCUT2D eigenvalue weighted by molar-refractivity contribution is 5.85. The van der Waals surface area contributed by atoms with Crippen LogP contribution in [-0.4, -0.2) is 55.7 Å². The molecule has 3 heterocycles. The van der Waals surface area contributed by atoms with E-state index in [-0.39, 0.29) is 12.4 Å². The number of aromatic nitrogens is 1. The van der Waals surface area contributed by atoms with Crippen molar-refractivity contribution < 1.29 is 0 Å². The van der Waals surface area contributed by atoms with Gasteiger partial charge < -0.3 is 10.2 Å². The summed E-state index contributed by atoms with van der Waals surface area (Å²) in [5, 5.41) is 3.45. The zero-order chi connectivity index (χ0) is 12.9. The monoisotopic (exact) mass is 296 g/mol. The first kappa shape index (κ1) is 15.5. The first-order valence-electron chi connectivity index (χ1n) is 7.51. The third-order valence-electron chi connectivity index (χ3n) is 4.32. The van der Waals surface area contributed by atoms with Crippen molar-refractivity contribution >= 4 is 18.2 Å². The maximum atomic E-state index is 4.44. The number of anilines is 1. The number of rotatable bonds is 3. The van der Waals surface area contributed by atoms with Crippen LogP contribution in [0.4, 0.5) is 5.82 Å². The molecule has 0 saturated carbocycles. The first-order valence-corrected chi connectivity index (χ1v) is 7.51. The first-order chi connectivity index (χ1) is 9.42. The minimum absolute atomic E-state index is 0. The van der Waals surface area contributed by atoms with Gasteiger partial charge in [0, 0.05) is 38.9 Å². The molecule has 2 aliphatic rings. The summed E-state index contributed by atoms with van der Waals surface area (Å²) in [6.45, 7) is 8.29. The van der Waals surface area contributed by atoms with E-state index < -0.39 is 0 Å². The molecule has 2 fully saturated rings. The molecule has 3 rings (SSSR count). The normalized spacial score (nSPS) is 21.5. The van der Waals surface area contributed by atoms with Gasteiger partial charge in [-0.1, -0.05) is 6.07 Å². The van der Waals surface area contributed by atoms with Gasteiger partial charge in [-0.2, -0.15) is 0 Å². The van der Waals surface area contributed by atoms with E-state index in [0.717, 1.165) is 24.8 Å². The van der Waals surface area contributed by atoms with Gasteiger partial charge in [0.25, 0.3) is 0 Å². The van der Waals surface area contributed by atoms with Gasteiger partial charge in [0.05, 0.1) is 0 Å². The lowest BCUT2D eigenvalue weighted by molar-refractivity contribution is 0.196. The van der Waals surface area contributed by atoms with Crippen molar-refractivity contribution in [2.45, 2.75) is 12.8 Å². The highest BCUT2D eigenvalue weighted by Crippen LogP contribution is 2.17. The van der Waals surface area contributed by atoms with Gasteiger partial charge in [-0.25, -0.2) is 4.98 Å². The molecule has 1 aromatic rings. The van der Waals surface area contributed by atoms with Gasteiger partial charge in [-0.3, -0.25) is 4.90 Å². The molecule has 1 aromatic heterocycles. The SMILES string of the molecule is Cl.c1ccc(N2CCN(CC3CCNCC3)CC2)nc1. The standard InChI is InChI=1S/C15H24N4.ClH/c1-2-6-17-15(3-1)19-11-9-18(10-12-19)13-14-4-7-16-8-5-14;/h1-3,6,14,16H,4-5,7-13H2;1H. The van der Waals surface area contributed by atoms with Gasteiger partial charge in [0.1, 0.15) is 5.82 Å². The predicted molar refractivity (Wildman–Crippen MR) is 85.7 cm³/mol. The molecule has 20 heavy (non-hydrogen) atoms. The number of pyridine rings is 1. The molecule has 0 aliphatic carbocycles. The van der Waals surface area contributed by atoms with Gasteiger partial charge >= 0.3 is 0 Å². The summed E-state index contributed by atoms with van der Waals surface area (Å²) < 4.78 is 0. The van der Waals surface area contributed by atoms with Crippen LogP contribution in [0.15, 0.2) is 24.4 Å². The Kier molecular flexibility index (Phi) is 6.07. The van der Waals surface area contributed by atoms with Crippen LogP contribution < -0.4 is 10.2 Å². The van der Waals surface area contributed by atoms with E-state index in [4.69, 9.17) is 0 Å². The quantitative estimate of drug-likeness (QED) is 0.919. The van der Waals surface area contributed by atoms with Crippen molar-refractivity contribution in [3.05, 3.63) is 24.4 Å². The molecule has 0 spiro atoms. The third kappa shape index (κ3) is 4.08. The Morgan fingerprint density at radius 1 is 1.10 bits per heavy atom. The van der Waals surface area contributed by atoms with Crippen LogP contribution in [0.3, 0.4) is 0 Å². The summed E-state index contributed by atoms with van der Waals surface area (Å²) in [6.07, 6.45) is 4.58. The number of hydrogen-bond donors (Lipinski definition) is 1. The number of piperidine rings is 1. The summed E-state index contributed by atoms with van der Waals surface area (Å²) >= 11 is 0. The fourth-order valence-corrected chi connectivity index (χ4v) is 3.13.